The number of hydrogen-bond acceptors (Lipinski definition) is 2. The Morgan fingerprint density at radius 2 is 2.21 bits per heavy atom. The summed E-state index contributed by atoms with van der Waals surface area (Å²) in [4.78, 5) is 7.48. The van der Waals surface area contributed by atoms with Gasteiger partial charge in [-0.1, -0.05) is 0 Å². The zero-order chi connectivity index (χ0) is 10.6. The van der Waals surface area contributed by atoms with Crippen molar-refractivity contribution in [3.63, 3.8) is 0 Å². The van der Waals surface area contributed by atoms with Crippen LogP contribution in [0.1, 0.15) is 5.69 Å². The maximum Gasteiger partial charge on any atom is 0.218 e. The zero-order valence-corrected chi connectivity index (χ0v) is 7.88. The predicted molar refractivity (Wildman–Crippen MR) is 54.3 cm³/mol. The van der Waals surface area contributed by atoms with Gasteiger partial charge in [-0.05, 0) is 6.07 Å². The third-order valence-corrected chi connectivity index (χ3v) is 1.42. The Labute approximate surface area is 81.3 Å². The van der Waals surface area contributed by atoms with Crippen LogP contribution in [0.15, 0.2) is 22.2 Å². The number of aryl methyl sites for hydroxylation is 1. The summed E-state index contributed by atoms with van der Waals surface area (Å²) in [5.74, 6) is -0.0528. The van der Waals surface area contributed by atoms with Gasteiger partial charge >= 0.3 is 0 Å². The van der Waals surface area contributed by atoms with E-state index in [1.807, 2.05) is 19.3 Å². The number of rotatable bonds is 2. The molecule has 1 rings (SSSR count). The summed E-state index contributed by atoms with van der Waals surface area (Å²) < 4.78 is 1.68. The van der Waals surface area contributed by atoms with Gasteiger partial charge in [0.05, 0.1) is 12.2 Å². The molecule has 1 aromatic rings. The normalized spacial score (nSPS) is 11.4. The highest BCUT2D eigenvalue weighted by atomic mass is 15.3. The van der Waals surface area contributed by atoms with Crippen molar-refractivity contribution in [1.82, 2.24) is 9.78 Å². The molecule has 0 aliphatic rings. The molecule has 0 fully saturated rings. The minimum absolute atomic E-state index is 0.0515. The molecule has 0 amide bonds. The molecular weight excluding hydrogens is 182 g/mol. The summed E-state index contributed by atoms with van der Waals surface area (Å²) in [5, 5.41) is 4.10. The van der Waals surface area contributed by atoms with Crippen LogP contribution in [-0.4, -0.2) is 21.7 Å². The zero-order valence-electron chi connectivity index (χ0n) is 7.88. The lowest BCUT2D eigenvalue weighted by molar-refractivity contribution is 0.742. The Morgan fingerprint density at radius 3 is 2.71 bits per heavy atom. The quantitative estimate of drug-likeness (QED) is 0.393. The van der Waals surface area contributed by atoms with Crippen molar-refractivity contribution in [1.29, 1.82) is 0 Å². The first-order valence-corrected chi connectivity index (χ1v) is 3.96. The van der Waals surface area contributed by atoms with Gasteiger partial charge in [-0.25, -0.2) is 4.99 Å². The van der Waals surface area contributed by atoms with Gasteiger partial charge < -0.3 is 17.2 Å². The first kappa shape index (κ1) is 10.0. The summed E-state index contributed by atoms with van der Waals surface area (Å²) in [6.07, 6.45) is 1.82. The molecule has 0 aromatic carbocycles. The van der Waals surface area contributed by atoms with E-state index in [1.165, 1.54) is 0 Å². The number of nitrogens with zero attached hydrogens (tertiary/aromatic N) is 4. The lowest BCUT2D eigenvalue weighted by Gasteiger charge is -1.93. The number of guanidine groups is 2. The van der Waals surface area contributed by atoms with E-state index in [0.29, 0.717) is 6.54 Å². The highest BCUT2D eigenvalue weighted by Gasteiger charge is 1.95. The molecule has 76 valence electrons. The fourth-order valence-corrected chi connectivity index (χ4v) is 0.877. The maximum absolute atomic E-state index is 5.40. The van der Waals surface area contributed by atoms with Crippen LogP contribution in [0.25, 0.3) is 0 Å². The second-order valence-corrected chi connectivity index (χ2v) is 2.69. The van der Waals surface area contributed by atoms with E-state index in [-0.39, 0.29) is 11.9 Å². The van der Waals surface area contributed by atoms with Gasteiger partial charge in [0.2, 0.25) is 5.96 Å². The van der Waals surface area contributed by atoms with Crippen molar-refractivity contribution in [3.05, 3.63) is 18.0 Å². The van der Waals surface area contributed by atoms with Crippen molar-refractivity contribution in [3.8, 4) is 0 Å². The van der Waals surface area contributed by atoms with Gasteiger partial charge in [-0.3, -0.25) is 4.68 Å². The highest BCUT2D eigenvalue weighted by Crippen LogP contribution is 1.95. The monoisotopic (exact) mass is 195 g/mol. The minimum Gasteiger partial charge on any atom is -0.370 e. The summed E-state index contributed by atoms with van der Waals surface area (Å²) in [6, 6.07) is 1.84. The molecule has 0 saturated heterocycles. The Balaban J connectivity index is 2.59. The summed E-state index contributed by atoms with van der Waals surface area (Å²) in [7, 11) is 1.83. The molecule has 14 heavy (non-hydrogen) atoms. The molecular formula is C7H13N7. The van der Waals surface area contributed by atoms with Crippen LogP contribution >= 0.6 is 0 Å². The van der Waals surface area contributed by atoms with Gasteiger partial charge in [0.1, 0.15) is 0 Å². The fourth-order valence-electron chi connectivity index (χ4n) is 0.877. The van der Waals surface area contributed by atoms with E-state index in [9.17, 15) is 0 Å². The molecule has 0 aliphatic heterocycles. The van der Waals surface area contributed by atoms with Crippen LogP contribution < -0.4 is 17.2 Å². The van der Waals surface area contributed by atoms with E-state index >= 15 is 0 Å². The molecule has 0 aliphatic carbocycles. The molecule has 0 radical (unpaired) electrons. The highest BCUT2D eigenvalue weighted by molar-refractivity contribution is 5.92. The van der Waals surface area contributed by atoms with Crippen LogP contribution in [0.3, 0.4) is 0 Å². The second-order valence-electron chi connectivity index (χ2n) is 2.69. The van der Waals surface area contributed by atoms with E-state index < -0.39 is 0 Å². The lowest BCUT2D eigenvalue weighted by Crippen LogP contribution is -2.26. The molecule has 1 heterocycles. The number of hydrogen-bond donors (Lipinski definition) is 3. The molecule has 0 bridgehead atoms. The van der Waals surface area contributed by atoms with E-state index in [2.05, 4.69) is 15.1 Å². The predicted octanol–water partition coefficient (Wildman–Crippen LogP) is -1.49. The Hall–Kier alpha value is -2.05. The Morgan fingerprint density at radius 1 is 1.50 bits per heavy atom. The van der Waals surface area contributed by atoms with Gasteiger partial charge in [0, 0.05) is 13.2 Å². The lowest BCUT2D eigenvalue weighted by atomic mass is 10.4. The van der Waals surface area contributed by atoms with Crippen molar-refractivity contribution in [2.45, 2.75) is 6.54 Å². The summed E-state index contributed by atoms with van der Waals surface area (Å²) >= 11 is 0. The fraction of sp³-hybridized carbons (Fsp3) is 0.286. The molecule has 7 nitrogen and oxygen atoms in total. The van der Waals surface area contributed by atoms with Crippen molar-refractivity contribution in [2.24, 2.45) is 34.2 Å². The third kappa shape index (κ3) is 3.13. The summed E-state index contributed by atoms with van der Waals surface area (Å²) in [5.41, 5.74) is 16.4. The van der Waals surface area contributed by atoms with Gasteiger partial charge in [0.15, 0.2) is 5.96 Å². The largest absolute Gasteiger partial charge is 0.370 e. The molecule has 1 aromatic heterocycles. The standard InChI is InChI=1S/C7H13N7/c1-14-3-2-5(13-14)4-11-7(10)12-6(8)9/h2-3H,4H2,1H3,(H6,8,9,10,11,12). The molecule has 0 unspecified atom stereocenters. The SMILES string of the molecule is Cn1ccc(CN=C(N)N=C(N)N)n1. The van der Waals surface area contributed by atoms with E-state index in [4.69, 9.17) is 17.2 Å². The Kier molecular flexibility index (Phi) is 3.05. The van der Waals surface area contributed by atoms with E-state index in [1.54, 1.807) is 4.68 Å². The van der Waals surface area contributed by atoms with Gasteiger partial charge in [-0.2, -0.15) is 10.1 Å². The maximum atomic E-state index is 5.40. The van der Waals surface area contributed by atoms with Crippen LogP contribution in [0.2, 0.25) is 0 Å². The number of aliphatic imine (C=N–C) groups is 2. The minimum atomic E-state index is -0.104. The second kappa shape index (κ2) is 4.26. The molecule has 0 spiro atoms. The van der Waals surface area contributed by atoms with Gasteiger partial charge in [0.25, 0.3) is 0 Å². The van der Waals surface area contributed by atoms with Gasteiger partial charge in [-0.15, -0.1) is 0 Å². The topological polar surface area (TPSA) is 121 Å². The smallest absolute Gasteiger partial charge is 0.218 e. The van der Waals surface area contributed by atoms with Crippen molar-refractivity contribution >= 4 is 11.9 Å². The molecule has 0 atom stereocenters. The van der Waals surface area contributed by atoms with Crippen LogP contribution in [-0.2, 0) is 13.6 Å². The number of nitrogens with two attached hydrogens (primary N) is 3. The average Bonchev–Trinajstić information content (AvgIpc) is 2.47. The molecule has 6 N–H and O–H groups in total. The van der Waals surface area contributed by atoms with Crippen LogP contribution in [0.5, 0.6) is 0 Å². The van der Waals surface area contributed by atoms with Crippen molar-refractivity contribution in [2.75, 3.05) is 0 Å². The first-order valence-electron chi connectivity index (χ1n) is 3.96. The number of aromatic nitrogens is 2. The first-order chi connectivity index (χ1) is 6.58. The van der Waals surface area contributed by atoms with Crippen LogP contribution in [0, 0.1) is 0 Å². The summed E-state index contributed by atoms with van der Waals surface area (Å²) in [6.45, 7) is 0.365. The van der Waals surface area contributed by atoms with Crippen molar-refractivity contribution < 1.29 is 0 Å². The van der Waals surface area contributed by atoms with E-state index in [0.717, 1.165) is 5.69 Å². The average molecular weight is 195 g/mol. The Bertz CT molecular complexity index is 358. The van der Waals surface area contributed by atoms with Crippen LogP contribution in [0.4, 0.5) is 0 Å². The molecule has 0 saturated carbocycles. The third-order valence-electron chi connectivity index (χ3n) is 1.42. The molecule has 7 heteroatoms.